The van der Waals surface area contributed by atoms with Gasteiger partial charge in [0.1, 0.15) is 11.2 Å². The molecule has 10 heteroatoms. The second kappa shape index (κ2) is 11.1. The Balaban J connectivity index is 1.26. The maximum absolute atomic E-state index is 14.9. The fourth-order valence-electron chi connectivity index (χ4n) is 5.49. The van der Waals surface area contributed by atoms with E-state index in [2.05, 4.69) is 32.1 Å². The van der Waals surface area contributed by atoms with Crippen molar-refractivity contribution < 1.29 is 13.5 Å². The van der Waals surface area contributed by atoms with Crippen molar-refractivity contribution >= 4 is 28.4 Å². The van der Waals surface area contributed by atoms with Crippen molar-refractivity contribution in [2.45, 2.75) is 61.6 Å². The first-order valence-corrected chi connectivity index (χ1v) is 13.8. The molecule has 1 aromatic carbocycles. The van der Waals surface area contributed by atoms with Gasteiger partial charge in [-0.25, -0.2) is 13.8 Å². The molecule has 7 nitrogen and oxygen atoms in total. The van der Waals surface area contributed by atoms with Crippen molar-refractivity contribution in [3.63, 3.8) is 0 Å². The molecule has 0 spiro atoms. The molecule has 1 saturated carbocycles. The Morgan fingerprint density at radius 3 is 2.51 bits per heavy atom. The molecule has 3 fully saturated rings. The van der Waals surface area contributed by atoms with Crippen LogP contribution in [0.1, 0.15) is 44.3 Å². The number of hydrogen-bond acceptors (Lipinski definition) is 7. The molecule has 3 aliphatic rings. The number of fused-ring (bicyclic) bond motifs is 1. The number of ether oxygens (including phenoxy) is 1. The Bertz CT molecular complexity index is 1080. The Morgan fingerprint density at radius 2 is 1.80 bits per heavy atom. The summed E-state index contributed by atoms with van der Waals surface area (Å²) >= 11 is 1.72. The van der Waals surface area contributed by atoms with Gasteiger partial charge in [-0.1, -0.05) is 0 Å². The lowest BCUT2D eigenvalue weighted by Crippen LogP contribution is -2.50. The number of benzene rings is 1. The van der Waals surface area contributed by atoms with Crippen LogP contribution in [-0.4, -0.2) is 83.5 Å². The van der Waals surface area contributed by atoms with Crippen LogP contribution in [0.3, 0.4) is 0 Å². The standard InChI is InChI=1S/C25H35F2N5O2S/c1-31-8-10-32(11-9-31)17-4-2-16(3-5-17)28-20-14-19-22(24(27)23(20)26)25(33)30-21(29-19)15-35-18-6-12-34-13-7-18/h14,16-18,28H,2-13,15H2,1H3,(H,29,30,33)/t16-,17+. The number of H-pyrrole nitrogens is 1. The van der Waals surface area contributed by atoms with Gasteiger partial charge in [0.25, 0.3) is 5.56 Å². The molecule has 192 valence electrons. The van der Waals surface area contributed by atoms with E-state index in [1.807, 2.05) is 0 Å². The number of halogens is 2. The molecule has 2 saturated heterocycles. The summed E-state index contributed by atoms with van der Waals surface area (Å²) in [5, 5.41) is 3.36. The smallest absolute Gasteiger partial charge is 0.261 e. The Hall–Kier alpha value is -1.75. The average molecular weight is 508 g/mol. The summed E-state index contributed by atoms with van der Waals surface area (Å²) in [5.41, 5.74) is -0.337. The van der Waals surface area contributed by atoms with Crippen LogP contribution in [-0.2, 0) is 10.5 Å². The van der Waals surface area contributed by atoms with Crippen molar-refractivity contribution in [3.05, 3.63) is 33.9 Å². The zero-order valence-corrected chi connectivity index (χ0v) is 21.1. The monoisotopic (exact) mass is 507 g/mol. The maximum Gasteiger partial charge on any atom is 0.261 e. The molecule has 3 heterocycles. The number of hydrogen-bond donors (Lipinski definition) is 2. The number of likely N-dealkylation sites (N-methyl/N-ethyl adjacent to an activating group) is 1. The molecule has 2 aromatic rings. The van der Waals surface area contributed by atoms with Gasteiger partial charge in [0, 0.05) is 56.7 Å². The molecule has 1 aliphatic carbocycles. The SMILES string of the molecule is CN1CCN([C@H]2CC[C@@H](Nc3cc4nc(CSC5CCOCC5)[nH]c(=O)c4c(F)c3F)CC2)CC1. The maximum atomic E-state index is 14.9. The van der Waals surface area contributed by atoms with Crippen molar-refractivity contribution in [2.24, 2.45) is 0 Å². The lowest BCUT2D eigenvalue weighted by atomic mass is 9.89. The van der Waals surface area contributed by atoms with Crippen LogP contribution in [0.5, 0.6) is 0 Å². The number of thioether (sulfide) groups is 1. The summed E-state index contributed by atoms with van der Waals surface area (Å²) in [6, 6.07) is 2.14. The summed E-state index contributed by atoms with van der Waals surface area (Å²) in [5.74, 6) is -1.12. The number of aromatic nitrogens is 2. The largest absolute Gasteiger partial charge is 0.381 e. The topological polar surface area (TPSA) is 73.5 Å². The molecule has 0 radical (unpaired) electrons. The first-order valence-electron chi connectivity index (χ1n) is 12.8. The second-order valence-electron chi connectivity index (χ2n) is 10.1. The summed E-state index contributed by atoms with van der Waals surface area (Å²) in [4.78, 5) is 24.6. The molecule has 2 N–H and O–H groups in total. The normalized spacial score (nSPS) is 25.2. The van der Waals surface area contributed by atoms with Gasteiger partial charge in [-0.15, -0.1) is 0 Å². The van der Waals surface area contributed by atoms with Crippen molar-refractivity contribution in [1.82, 2.24) is 19.8 Å². The number of rotatable bonds is 6. The van der Waals surface area contributed by atoms with Crippen LogP contribution in [0, 0.1) is 11.6 Å². The predicted molar refractivity (Wildman–Crippen MR) is 136 cm³/mol. The summed E-state index contributed by atoms with van der Waals surface area (Å²) in [6.45, 7) is 5.88. The number of nitrogens with zero attached hydrogens (tertiary/aromatic N) is 3. The highest BCUT2D eigenvalue weighted by molar-refractivity contribution is 7.99. The van der Waals surface area contributed by atoms with Gasteiger partial charge >= 0.3 is 0 Å². The van der Waals surface area contributed by atoms with Crippen LogP contribution < -0.4 is 10.9 Å². The molecular formula is C25H35F2N5O2S. The highest BCUT2D eigenvalue weighted by atomic mass is 32.2. The third kappa shape index (κ3) is 5.81. The zero-order valence-electron chi connectivity index (χ0n) is 20.3. The van der Waals surface area contributed by atoms with E-state index in [1.165, 1.54) is 6.07 Å². The van der Waals surface area contributed by atoms with Gasteiger partial charge in [0.15, 0.2) is 11.6 Å². The Kier molecular flexibility index (Phi) is 7.91. The van der Waals surface area contributed by atoms with E-state index in [4.69, 9.17) is 4.74 Å². The first-order chi connectivity index (χ1) is 17.0. The molecule has 0 unspecified atom stereocenters. The van der Waals surface area contributed by atoms with Crippen molar-refractivity contribution in [2.75, 3.05) is 51.8 Å². The molecule has 2 aliphatic heterocycles. The third-order valence-corrected chi connectivity index (χ3v) is 9.04. The highest BCUT2D eigenvalue weighted by Gasteiger charge is 2.28. The van der Waals surface area contributed by atoms with Crippen molar-refractivity contribution in [3.8, 4) is 0 Å². The summed E-state index contributed by atoms with van der Waals surface area (Å²) in [6.07, 6.45) is 5.84. The fourth-order valence-corrected chi connectivity index (χ4v) is 6.54. The van der Waals surface area contributed by atoms with E-state index in [0.717, 1.165) is 77.9 Å². The average Bonchev–Trinajstić information content (AvgIpc) is 2.87. The van der Waals surface area contributed by atoms with E-state index < -0.39 is 17.2 Å². The van der Waals surface area contributed by atoms with E-state index in [9.17, 15) is 13.6 Å². The predicted octanol–water partition coefficient (Wildman–Crippen LogP) is 3.58. The highest BCUT2D eigenvalue weighted by Crippen LogP contribution is 2.30. The van der Waals surface area contributed by atoms with E-state index >= 15 is 0 Å². The van der Waals surface area contributed by atoms with E-state index in [-0.39, 0.29) is 22.6 Å². The molecule has 0 atom stereocenters. The van der Waals surface area contributed by atoms with Crippen LogP contribution in [0.15, 0.2) is 10.9 Å². The molecule has 5 rings (SSSR count). The van der Waals surface area contributed by atoms with Crippen LogP contribution in [0.2, 0.25) is 0 Å². The molecule has 0 amide bonds. The number of piperazine rings is 1. The van der Waals surface area contributed by atoms with E-state index in [1.54, 1.807) is 11.8 Å². The third-order valence-electron chi connectivity index (χ3n) is 7.66. The number of nitrogens with one attached hydrogen (secondary N) is 2. The Labute approximate surface area is 209 Å². The van der Waals surface area contributed by atoms with Crippen molar-refractivity contribution in [1.29, 1.82) is 0 Å². The lowest BCUT2D eigenvalue weighted by Gasteiger charge is -2.41. The fraction of sp³-hybridized carbons (Fsp3) is 0.680. The number of anilines is 1. The summed E-state index contributed by atoms with van der Waals surface area (Å²) < 4.78 is 35.2. The van der Waals surface area contributed by atoms with Crippen LogP contribution >= 0.6 is 11.8 Å². The molecule has 1 aromatic heterocycles. The first kappa shape index (κ1) is 24.9. The minimum absolute atomic E-state index is 0.0793. The van der Waals surface area contributed by atoms with Gasteiger partial charge in [-0.05, 0) is 51.6 Å². The lowest BCUT2D eigenvalue weighted by molar-refractivity contribution is 0.0894. The second-order valence-corrected chi connectivity index (χ2v) is 11.4. The van der Waals surface area contributed by atoms with Crippen LogP contribution in [0.4, 0.5) is 14.5 Å². The number of aromatic amines is 1. The zero-order chi connectivity index (χ0) is 24.4. The molecule has 35 heavy (non-hydrogen) atoms. The quantitative estimate of drug-likeness (QED) is 0.619. The molecular weight excluding hydrogens is 472 g/mol. The van der Waals surface area contributed by atoms with Gasteiger partial charge in [0.05, 0.1) is 17.0 Å². The minimum Gasteiger partial charge on any atom is -0.381 e. The minimum atomic E-state index is -1.13. The van der Waals surface area contributed by atoms with Crippen LogP contribution in [0.25, 0.3) is 10.9 Å². The van der Waals surface area contributed by atoms with Gasteiger partial charge in [-0.2, -0.15) is 11.8 Å². The summed E-state index contributed by atoms with van der Waals surface area (Å²) in [7, 11) is 2.16. The Morgan fingerprint density at radius 1 is 1.09 bits per heavy atom. The van der Waals surface area contributed by atoms with Gasteiger partial charge in [-0.3, -0.25) is 9.69 Å². The molecule has 0 bridgehead atoms. The van der Waals surface area contributed by atoms with Gasteiger partial charge < -0.3 is 19.9 Å². The van der Waals surface area contributed by atoms with E-state index in [0.29, 0.717) is 22.9 Å². The van der Waals surface area contributed by atoms with Gasteiger partial charge in [0.2, 0.25) is 0 Å².